The fourth-order valence-electron chi connectivity index (χ4n) is 1.06. The lowest BCUT2D eigenvalue weighted by Crippen LogP contribution is -2.11. The fourth-order valence-corrected chi connectivity index (χ4v) is 1.06. The van der Waals surface area contributed by atoms with E-state index in [1.54, 1.807) is 0 Å². The molecule has 0 aliphatic heterocycles. The summed E-state index contributed by atoms with van der Waals surface area (Å²) in [6, 6.07) is 0. The van der Waals surface area contributed by atoms with Crippen LogP contribution in [0.3, 0.4) is 0 Å². The van der Waals surface area contributed by atoms with Crippen LogP contribution in [-0.2, 0) is 0 Å². The quantitative estimate of drug-likeness (QED) is 0.469. The van der Waals surface area contributed by atoms with E-state index in [4.69, 9.17) is 5.11 Å². The van der Waals surface area contributed by atoms with Gasteiger partial charge in [0.2, 0.25) is 0 Å². The fraction of sp³-hybridized carbons (Fsp3) is 0.714. The molecule has 0 spiro atoms. The summed E-state index contributed by atoms with van der Waals surface area (Å²) in [5.74, 6) is 0.676. The second-order valence-electron chi connectivity index (χ2n) is 2.57. The molecule has 0 aromatic carbocycles. The maximum atomic E-state index is 8.99. The molecule has 2 atom stereocenters. The van der Waals surface area contributed by atoms with Gasteiger partial charge in [-0.2, -0.15) is 0 Å². The van der Waals surface area contributed by atoms with Gasteiger partial charge in [0.15, 0.2) is 0 Å². The standard InChI is InChI=1S/C7H12O/c1-6-3-2-4-7(8)5-6/h2,4,6-8H,3,5H2,1H3/t6-,7+/m0/s1. The van der Waals surface area contributed by atoms with Crippen LogP contribution in [-0.4, -0.2) is 11.2 Å². The lowest BCUT2D eigenvalue weighted by atomic mass is 9.95. The first kappa shape index (κ1) is 5.83. The van der Waals surface area contributed by atoms with Crippen molar-refractivity contribution in [1.29, 1.82) is 0 Å². The van der Waals surface area contributed by atoms with Gasteiger partial charge in [0.1, 0.15) is 0 Å². The third-order valence-electron chi connectivity index (χ3n) is 1.54. The summed E-state index contributed by atoms with van der Waals surface area (Å²) in [5.41, 5.74) is 0. The van der Waals surface area contributed by atoms with Crippen molar-refractivity contribution in [2.75, 3.05) is 0 Å². The SMILES string of the molecule is C[C@H]1CC=C[C@@H](O)C1. The van der Waals surface area contributed by atoms with Gasteiger partial charge >= 0.3 is 0 Å². The molecule has 0 saturated heterocycles. The molecule has 1 aliphatic carbocycles. The van der Waals surface area contributed by atoms with Crippen molar-refractivity contribution in [3.05, 3.63) is 12.2 Å². The molecule has 46 valence electrons. The molecule has 1 aliphatic rings. The topological polar surface area (TPSA) is 20.2 Å². The van der Waals surface area contributed by atoms with E-state index in [0.29, 0.717) is 5.92 Å². The van der Waals surface area contributed by atoms with E-state index in [1.807, 2.05) is 6.08 Å². The smallest absolute Gasteiger partial charge is 0.0723 e. The molecule has 1 nitrogen and oxygen atoms in total. The second-order valence-corrected chi connectivity index (χ2v) is 2.57. The predicted octanol–water partition coefficient (Wildman–Crippen LogP) is 1.33. The van der Waals surface area contributed by atoms with Crippen molar-refractivity contribution in [3.63, 3.8) is 0 Å². The molecule has 0 fully saturated rings. The zero-order valence-electron chi connectivity index (χ0n) is 5.17. The van der Waals surface area contributed by atoms with Gasteiger partial charge in [-0.15, -0.1) is 0 Å². The highest BCUT2D eigenvalue weighted by atomic mass is 16.3. The first-order valence-corrected chi connectivity index (χ1v) is 3.14. The average molecular weight is 112 g/mol. The Kier molecular flexibility index (Phi) is 1.69. The van der Waals surface area contributed by atoms with E-state index in [9.17, 15) is 0 Å². The van der Waals surface area contributed by atoms with Crippen LogP contribution in [0.2, 0.25) is 0 Å². The number of allylic oxidation sites excluding steroid dienone is 1. The van der Waals surface area contributed by atoms with Crippen molar-refractivity contribution in [1.82, 2.24) is 0 Å². The maximum Gasteiger partial charge on any atom is 0.0723 e. The van der Waals surface area contributed by atoms with E-state index < -0.39 is 0 Å². The zero-order chi connectivity index (χ0) is 5.98. The summed E-state index contributed by atoms with van der Waals surface area (Å²) in [7, 11) is 0. The summed E-state index contributed by atoms with van der Waals surface area (Å²) < 4.78 is 0. The zero-order valence-corrected chi connectivity index (χ0v) is 5.17. The maximum absolute atomic E-state index is 8.99. The van der Waals surface area contributed by atoms with Crippen molar-refractivity contribution in [3.8, 4) is 0 Å². The molecule has 0 unspecified atom stereocenters. The number of aliphatic hydroxyl groups is 1. The first-order valence-electron chi connectivity index (χ1n) is 3.14. The molecule has 0 saturated carbocycles. The minimum Gasteiger partial charge on any atom is -0.389 e. The molecule has 0 aromatic rings. The van der Waals surface area contributed by atoms with Crippen LogP contribution in [0.15, 0.2) is 12.2 Å². The Hall–Kier alpha value is -0.300. The lowest BCUT2D eigenvalue weighted by molar-refractivity contribution is 0.183. The summed E-state index contributed by atoms with van der Waals surface area (Å²) >= 11 is 0. The molecule has 0 amide bonds. The predicted molar refractivity (Wildman–Crippen MR) is 33.5 cm³/mol. The van der Waals surface area contributed by atoms with E-state index in [1.165, 1.54) is 0 Å². The summed E-state index contributed by atoms with van der Waals surface area (Å²) in [5, 5.41) is 8.99. The highest BCUT2D eigenvalue weighted by molar-refractivity contribution is 4.95. The second kappa shape index (κ2) is 2.31. The van der Waals surface area contributed by atoms with Crippen LogP contribution in [0.25, 0.3) is 0 Å². The van der Waals surface area contributed by atoms with Crippen LogP contribution in [0.1, 0.15) is 19.8 Å². The minimum absolute atomic E-state index is 0.168. The van der Waals surface area contributed by atoms with Gasteiger partial charge in [0, 0.05) is 0 Å². The Balaban J connectivity index is 2.42. The third kappa shape index (κ3) is 1.34. The van der Waals surface area contributed by atoms with Crippen LogP contribution < -0.4 is 0 Å². The van der Waals surface area contributed by atoms with Gasteiger partial charge in [-0.05, 0) is 18.8 Å². The molecule has 8 heavy (non-hydrogen) atoms. The Morgan fingerprint density at radius 3 is 2.75 bits per heavy atom. The largest absolute Gasteiger partial charge is 0.389 e. The van der Waals surface area contributed by atoms with Crippen LogP contribution >= 0.6 is 0 Å². The average Bonchev–Trinajstić information content (AvgIpc) is 1.64. The Labute approximate surface area is 50.0 Å². The number of rotatable bonds is 0. The summed E-state index contributed by atoms with van der Waals surface area (Å²) in [4.78, 5) is 0. The lowest BCUT2D eigenvalue weighted by Gasteiger charge is -2.16. The van der Waals surface area contributed by atoms with E-state index in [2.05, 4.69) is 13.0 Å². The normalized spacial score (nSPS) is 37.8. The summed E-state index contributed by atoms with van der Waals surface area (Å²) in [6.07, 6.45) is 5.84. The first-order chi connectivity index (χ1) is 3.79. The van der Waals surface area contributed by atoms with Gasteiger partial charge in [-0.3, -0.25) is 0 Å². The van der Waals surface area contributed by atoms with E-state index >= 15 is 0 Å². The van der Waals surface area contributed by atoms with Crippen molar-refractivity contribution in [2.45, 2.75) is 25.9 Å². The van der Waals surface area contributed by atoms with Crippen molar-refractivity contribution < 1.29 is 5.11 Å². The van der Waals surface area contributed by atoms with Crippen molar-refractivity contribution >= 4 is 0 Å². The number of hydrogen-bond acceptors (Lipinski definition) is 1. The highest BCUT2D eigenvalue weighted by Gasteiger charge is 2.09. The van der Waals surface area contributed by atoms with Gasteiger partial charge in [-0.1, -0.05) is 19.1 Å². The van der Waals surface area contributed by atoms with Crippen molar-refractivity contribution in [2.24, 2.45) is 5.92 Å². The molecule has 0 heterocycles. The summed E-state index contributed by atoms with van der Waals surface area (Å²) in [6.45, 7) is 2.16. The molecular formula is C7H12O. The molecule has 0 aromatic heterocycles. The van der Waals surface area contributed by atoms with Gasteiger partial charge < -0.3 is 5.11 Å². The van der Waals surface area contributed by atoms with Crippen LogP contribution in [0.5, 0.6) is 0 Å². The van der Waals surface area contributed by atoms with Gasteiger partial charge in [-0.25, -0.2) is 0 Å². The number of aliphatic hydroxyl groups excluding tert-OH is 1. The van der Waals surface area contributed by atoms with Crippen LogP contribution in [0.4, 0.5) is 0 Å². The minimum atomic E-state index is -0.168. The molecular weight excluding hydrogens is 100 g/mol. The van der Waals surface area contributed by atoms with E-state index in [0.717, 1.165) is 12.8 Å². The molecule has 0 bridgehead atoms. The Morgan fingerprint density at radius 1 is 1.62 bits per heavy atom. The third-order valence-corrected chi connectivity index (χ3v) is 1.54. The Morgan fingerprint density at radius 2 is 2.38 bits per heavy atom. The van der Waals surface area contributed by atoms with Gasteiger partial charge in [0.25, 0.3) is 0 Å². The van der Waals surface area contributed by atoms with Gasteiger partial charge in [0.05, 0.1) is 6.10 Å². The Bertz CT molecular complexity index is 96.6. The molecule has 1 heteroatoms. The number of hydrogen-bond donors (Lipinski definition) is 1. The van der Waals surface area contributed by atoms with E-state index in [-0.39, 0.29) is 6.10 Å². The monoisotopic (exact) mass is 112 g/mol. The molecule has 0 radical (unpaired) electrons. The molecule has 1 N–H and O–H groups in total. The molecule has 1 rings (SSSR count). The van der Waals surface area contributed by atoms with Crippen LogP contribution in [0, 0.1) is 5.92 Å². The highest BCUT2D eigenvalue weighted by Crippen LogP contribution is 2.16.